The first kappa shape index (κ1) is 33.1. The van der Waals surface area contributed by atoms with Crippen molar-refractivity contribution >= 4 is 28.8 Å². The number of benzene rings is 2. The second kappa shape index (κ2) is 14.2. The number of esters is 1. The molecule has 1 aliphatic heterocycles. The van der Waals surface area contributed by atoms with Crippen LogP contribution in [0.1, 0.15) is 45.7 Å². The normalized spacial score (nSPS) is 19.5. The molecular weight excluding hydrogens is 558 g/mol. The Balaban J connectivity index is 2.20. The van der Waals surface area contributed by atoms with Crippen molar-refractivity contribution in [3.63, 3.8) is 0 Å². The number of methoxy groups -OCH3 is 4. The topological polar surface area (TPSA) is 107 Å². The Bertz CT molecular complexity index is 1270. The van der Waals surface area contributed by atoms with Gasteiger partial charge in [-0.1, -0.05) is 38.1 Å². The molecule has 1 fully saturated rings. The maximum atomic E-state index is 14.2. The van der Waals surface area contributed by atoms with Crippen LogP contribution in [-0.2, 0) is 43.1 Å². The molecule has 2 aromatic carbocycles. The summed E-state index contributed by atoms with van der Waals surface area (Å²) in [4.78, 5) is 27.5. The molecular formula is C31H43N3O7S. The second-order valence-electron chi connectivity index (χ2n) is 11.4. The van der Waals surface area contributed by atoms with Crippen molar-refractivity contribution in [3.8, 4) is 11.5 Å². The number of hydrogen-bond donors (Lipinski definition) is 0. The molecule has 10 nitrogen and oxygen atoms in total. The number of hydrazine groups is 1. The minimum atomic E-state index is -1.63. The summed E-state index contributed by atoms with van der Waals surface area (Å²) in [6.45, 7) is 9.92. The molecule has 230 valence electrons. The molecule has 1 saturated heterocycles. The van der Waals surface area contributed by atoms with Crippen LogP contribution in [0.15, 0.2) is 52.9 Å². The van der Waals surface area contributed by atoms with Crippen LogP contribution in [0.4, 0.5) is 0 Å². The van der Waals surface area contributed by atoms with Crippen molar-refractivity contribution in [1.29, 1.82) is 0 Å². The number of amides is 1. The van der Waals surface area contributed by atoms with Gasteiger partial charge < -0.3 is 18.9 Å². The lowest BCUT2D eigenvalue weighted by molar-refractivity contribution is -0.151. The van der Waals surface area contributed by atoms with Crippen LogP contribution in [0.3, 0.4) is 0 Å². The average molecular weight is 602 g/mol. The van der Waals surface area contributed by atoms with Crippen LogP contribution in [0, 0.1) is 17.8 Å². The van der Waals surface area contributed by atoms with E-state index in [0.29, 0.717) is 18.0 Å². The van der Waals surface area contributed by atoms with Gasteiger partial charge in [-0.25, -0.2) is 9.22 Å². The number of carbonyl (C=O) groups excluding carboxylic acids is 2. The van der Waals surface area contributed by atoms with Crippen LogP contribution in [-0.4, -0.2) is 71.2 Å². The Morgan fingerprint density at radius 2 is 1.38 bits per heavy atom. The van der Waals surface area contributed by atoms with Gasteiger partial charge >= 0.3 is 5.97 Å². The van der Waals surface area contributed by atoms with Gasteiger partial charge in [0.15, 0.2) is 5.92 Å². The lowest BCUT2D eigenvalue weighted by Crippen LogP contribution is -2.50. The minimum absolute atomic E-state index is 0.148. The Morgan fingerprint density at radius 3 is 1.79 bits per heavy atom. The van der Waals surface area contributed by atoms with E-state index in [1.165, 1.54) is 14.2 Å². The summed E-state index contributed by atoms with van der Waals surface area (Å²) in [7, 11) is 4.31. The molecule has 1 amide bonds. The van der Waals surface area contributed by atoms with Gasteiger partial charge in [-0.2, -0.15) is 4.40 Å². The van der Waals surface area contributed by atoms with E-state index in [2.05, 4.69) is 4.40 Å². The highest BCUT2D eigenvalue weighted by Crippen LogP contribution is 2.39. The maximum Gasteiger partial charge on any atom is 0.320 e. The van der Waals surface area contributed by atoms with Gasteiger partial charge in [0.25, 0.3) is 5.91 Å². The predicted octanol–water partition coefficient (Wildman–Crippen LogP) is 4.40. The smallest absolute Gasteiger partial charge is 0.320 e. The molecule has 0 saturated carbocycles. The summed E-state index contributed by atoms with van der Waals surface area (Å²) in [5.41, 5.74) is 1.75. The first-order valence-electron chi connectivity index (χ1n) is 13.8. The molecule has 0 bridgehead atoms. The molecule has 0 aromatic heterocycles. The maximum absolute atomic E-state index is 14.2. The first-order valence-corrected chi connectivity index (χ1v) is 14.9. The van der Waals surface area contributed by atoms with Crippen molar-refractivity contribution in [2.75, 3.05) is 28.4 Å². The van der Waals surface area contributed by atoms with Crippen LogP contribution < -0.4 is 9.47 Å². The number of carbonyl (C=O) groups is 2. The number of hydrogen-bond acceptors (Lipinski definition) is 8. The number of rotatable bonds is 11. The SMILES string of the molecule is COC(=O)[C@H]1C(=O)N(Cc2ccc(OC)cc2)N(Cc2ccc(OC)cc2)[C@@H]1C(/C(=N/S(=O)C(C)(C)C)OC)C(C)C. The summed E-state index contributed by atoms with van der Waals surface area (Å²) >= 11 is 0. The van der Waals surface area contributed by atoms with Crippen molar-refractivity contribution in [2.45, 2.75) is 58.5 Å². The molecule has 0 radical (unpaired) electrons. The number of nitrogens with zero attached hydrogens (tertiary/aromatic N) is 3. The minimum Gasteiger partial charge on any atom is -0.497 e. The van der Waals surface area contributed by atoms with E-state index >= 15 is 0 Å². The molecule has 0 N–H and O–H groups in total. The van der Waals surface area contributed by atoms with Crippen LogP contribution in [0.5, 0.6) is 11.5 Å². The quantitative estimate of drug-likeness (QED) is 0.162. The zero-order chi connectivity index (χ0) is 31.2. The second-order valence-corrected chi connectivity index (χ2v) is 13.4. The summed E-state index contributed by atoms with van der Waals surface area (Å²) in [5.74, 6) is -1.32. The highest BCUT2D eigenvalue weighted by atomic mass is 32.2. The van der Waals surface area contributed by atoms with Gasteiger partial charge in [-0.3, -0.25) is 14.6 Å². The molecule has 4 atom stereocenters. The van der Waals surface area contributed by atoms with Gasteiger partial charge in [0.05, 0.1) is 51.7 Å². The summed E-state index contributed by atoms with van der Waals surface area (Å²) in [5, 5.41) is 3.50. The fourth-order valence-electron chi connectivity index (χ4n) is 4.99. The highest BCUT2D eigenvalue weighted by Gasteiger charge is 2.56. The lowest BCUT2D eigenvalue weighted by atomic mass is 9.81. The van der Waals surface area contributed by atoms with Crippen molar-refractivity contribution in [2.24, 2.45) is 22.2 Å². The van der Waals surface area contributed by atoms with Crippen LogP contribution in [0.25, 0.3) is 0 Å². The monoisotopic (exact) mass is 601 g/mol. The van der Waals surface area contributed by atoms with E-state index in [9.17, 15) is 13.8 Å². The third-order valence-electron chi connectivity index (χ3n) is 7.24. The van der Waals surface area contributed by atoms with Crippen molar-refractivity contribution < 1.29 is 32.7 Å². The Labute approximate surface area is 251 Å². The molecule has 1 heterocycles. The van der Waals surface area contributed by atoms with E-state index in [4.69, 9.17) is 18.9 Å². The zero-order valence-corrected chi connectivity index (χ0v) is 26.8. The van der Waals surface area contributed by atoms with Gasteiger partial charge in [-0.15, -0.1) is 0 Å². The summed E-state index contributed by atoms with van der Waals surface area (Å²) in [6, 6.07) is 14.2. The summed E-state index contributed by atoms with van der Waals surface area (Å²) in [6.07, 6.45) is 0. The molecule has 3 rings (SSSR count). The molecule has 2 aromatic rings. The van der Waals surface area contributed by atoms with E-state index in [1.807, 2.05) is 88.2 Å². The third kappa shape index (κ3) is 7.49. The van der Waals surface area contributed by atoms with Crippen molar-refractivity contribution in [1.82, 2.24) is 10.0 Å². The van der Waals surface area contributed by atoms with Crippen LogP contribution in [0.2, 0.25) is 0 Å². The third-order valence-corrected chi connectivity index (χ3v) is 8.64. The fourth-order valence-corrected chi connectivity index (χ4v) is 5.62. The van der Waals surface area contributed by atoms with E-state index < -0.39 is 45.5 Å². The van der Waals surface area contributed by atoms with Gasteiger partial charge in [0, 0.05) is 6.54 Å². The fraction of sp³-hybridized carbons (Fsp3) is 0.516. The predicted molar refractivity (Wildman–Crippen MR) is 162 cm³/mol. The zero-order valence-electron chi connectivity index (χ0n) is 26.0. The van der Waals surface area contributed by atoms with Gasteiger partial charge in [0.2, 0.25) is 5.90 Å². The van der Waals surface area contributed by atoms with E-state index in [-0.39, 0.29) is 18.4 Å². The Morgan fingerprint density at radius 1 is 0.881 bits per heavy atom. The van der Waals surface area contributed by atoms with Crippen molar-refractivity contribution in [3.05, 3.63) is 59.7 Å². The van der Waals surface area contributed by atoms with Gasteiger partial charge in [-0.05, 0) is 62.1 Å². The standard InChI is InChI=1S/C31H43N3O7S/c1-20(2)25(28(40-8)32-42(37)31(3,4)5)27-26(30(36)41-9)29(35)34(19-22-12-16-24(39-7)17-13-22)33(27)18-21-10-14-23(38-6)15-11-21/h10-17,20,25-27H,18-19H2,1-9H3/b32-28-/t25?,26-,27-,42?/m1/s1. The molecule has 11 heteroatoms. The molecule has 0 aliphatic carbocycles. The largest absolute Gasteiger partial charge is 0.497 e. The molecule has 1 aliphatic rings. The van der Waals surface area contributed by atoms with Crippen LogP contribution >= 0.6 is 0 Å². The Kier molecular flexibility index (Phi) is 11.1. The molecule has 42 heavy (non-hydrogen) atoms. The highest BCUT2D eigenvalue weighted by molar-refractivity contribution is 7.85. The first-order chi connectivity index (χ1) is 19.9. The number of ether oxygens (including phenoxy) is 4. The van der Waals surface area contributed by atoms with Gasteiger partial charge in [0.1, 0.15) is 22.5 Å². The summed E-state index contributed by atoms with van der Waals surface area (Å²) < 4.78 is 38.6. The van der Waals surface area contributed by atoms with E-state index in [0.717, 1.165) is 11.1 Å². The van der Waals surface area contributed by atoms with E-state index in [1.54, 1.807) is 19.2 Å². The average Bonchev–Trinajstić information content (AvgIpc) is 3.22. The molecule has 2 unspecified atom stereocenters. The lowest BCUT2D eigenvalue weighted by Gasteiger charge is -2.38. The Hall–Kier alpha value is -3.44. The molecule has 0 spiro atoms.